The molecule has 0 spiro atoms. The van der Waals surface area contributed by atoms with Gasteiger partial charge in [-0.15, -0.1) is 0 Å². The molecule has 0 fully saturated rings. The molecule has 0 saturated heterocycles. The van der Waals surface area contributed by atoms with Crippen molar-refractivity contribution in [1.29, 1.82) is 0 Å². The third kappa shape index (κ3) is 3.29. The van der Waals surface area contributed by atoms with E-state index in [2.05, 4.69) is 22.1 Å². The molecule has 2 heterocycles. The quantitative estimate of drug-likeness (QED) is 0.386. The van der Waals surface area contributed by atoms with Crippen molar-refractivity contribution < 1.29 is 4.92 Å². The van der Waals surface area contributed by atoms with E-state index >= 15 is 0 Å². The zero-order chi connectivity index (χ0) is 16.1. The SMILES string of the molecule is O=[N+]([O-])c1ccnc2ccccc12.c1ccc2ncccc2c1. The Morgan fingerprint density at radius 2 is 1.39 bits per heavy atom. The number of para-hydroxylation sites is 2. The lowest BCUT2D eigenvalue weighted by Crippen LogP contribution is -1.90. The summed E-state index contributed by atoms with van der Waals surface area (Å²) in [5.74, 6) is 0. The Bertz CT molecular complexity index is 899. The van der Waals surface area contributed by atoms with Crippen molar-refractivity contribution in [2.24, 2.45) is 0 Å². The highest BCUT2D eigenvalue weighted by Crippen LogP contribution is 2.22. The second-order valence-corrected chi connectivity index (χ2v) is 4.80. The lowest BCUT2D eigenvalue weighted by Gasteiger charge is -1.96. The third-order valence-corrected chi connectivity index (χ3v) is 3.33. The molecule has 0 radical (unpaired) electrons. The monoisotopic (exact) mass is 303 g/mol. The van der Waals surface area contributed by atoms with Crippen LogP contribution in [-0.2, 0) is 0 Å². The first-order valence-corrected chi connectivity index (χ1v) is 7.03. The van der Waals surface area contributed by atoms with Crippen LogP contribution in [0.3, 0.4) is 0 Å². The van der Waals surface area contributed by atoms with Crippen molar-refractivity contribution >= 4 is 27.5 Å². The molecule has 0 saturated carbocycles. The van der Waals surface area contributed by atoms with E-state index in [1.807, 2.05) is 30.5 Å². The van der Waals surface area contributed by atoms with Crippen molar-refractivity contribution in [1.82, 2.24) is 9.97 Å². The molecule has 0 N–H and O–H groups in total. The maximum absolute atomic E-state index is 10.6. The molecule has 2 aromatic heterocycles. The number of aromatic nitrogens is 2. The predicted octanol–water partition coefficient (Wildman–Crippen LogP) is 4.38. The first kappa shape index (κ1) is 14.6. The number of pyridine rings is 2. The van der Waals surface area contributed by atoms with Crippen molar-refractivity contribution in [2.75, 3.05) is 0 Å². The van der Waals surface area contributed by atoms with Gasteiger partial charge in [0.15, 0.2) is 0 Å². The highest BCUT2D eigenvalue weighted by molar-refractivity contribution is 5.87. The molecule has 0 aliphatic heterocycles. The Balaban J connectivity index is 0.000000140. The van der Waals surface area contributed by atoms with E-state index in [-0.39, 0.29) is 5.69 Å². The second-order valence-electron chi connectivity index (χ2n) is 4.80. The maximum Gasteiger partial charge on any atom is 0.280 e. The van der Waals surface area contributed by atoms with Gasteiger partial charge < -0.3 is 0 Å². The summed E-state index contributed by atoms with van der Waals surface area (Å²) in [6.45, 7) is 0. The van der Waals surface area contributed by atoms with E-state index in [9.17, 15) is 10.1 Å². The summed E-state index contributed by atoms with van der Waals surface area (Å²) in [6, 6.07) is 20.5. The first-order valence-electron chi connectivity index (χ1n) is 7.03. The zero-order valence-electron chi connectivity index (χ0n) is 12.2. The van der Waals surface area contributed by atoms with Gasteiger partial charge in [-0.25, -0.2) is 0 Å². The number of hydrogen-bond acceptors (Lipinski definition) is 4. The summed E-state index contributed by atoms with van der Waals surface area (Å²) in [4.78, 5) is 18.4. The Hall–Kier alpha value is -3.34. The standard InChI is InChI=1S/C9H6N2O2.C9H7N/c12-11(13)9-5-6-10-8-4-2-1-3-7(8)9;1-2-6-9-8(4-1)5-3-7-10-9/h1-6H;1-7H. The summed E-state index contributed by atoms with van der Waals surface area (Å²) < 4.78 is 0. The van der Waals surface area contributed by atoms with Gasteiger partial charge >= 0.3 is 0 Å². The molecule has 112 valence electrons. The molecular weight excluding hydrogens is 290 g/mol. The molecule has 0 aliphatic carbocycles. The van der Waals surface area contributed by atoms with Crippen LogP contribution in [0.15, 0.2) is 79.1 Å². The second kappa shape index (κ2) is 6.62. The molecule has 0 bridgehead atoms. The minimum atomic E-state index is -0.399. The molecule has 5 heteroatoms. The summed E-state index contributed by atoms with van der Waals surface area (Å²) in [6.07, 6.45) is 3.25. The third-order valence-electron chi connectivity index (χ3n) is 3.33. The number of hydrogen-bond donors (Lipinski definition) is 0. The zero-order valence-corrected chi connectivity index (χ0v) is 12.2. The van der Waals surface area contributed by atoms with Crippen LogP contribution in [0.2, 0.25) is 0 Å². The predicted molar refractivity (Wildman–Crippen MR) is 90.1 cm³/mol. The Morgan fingerprint density at radius 3 is 2.17 bits per heavy atom. The number of nitrogens with zero attached hydrogens (tertiary/aromatic N) is 3. The highest BCUT2D eigenvalue weighted by Gasteiger charge is 2.09. The molecule has 0 amide bonds. The largest absolute Gasteiger partial charge is 0.280 e. The highest BCUT2D eigenvalue weighted by atomic mass is 16.6. The van der Waals surface area contributed by atoms with Gasteiger partial charge in [0.1, 0.15) is 0 Å². The Kier molecular flexibility index (Phi) is 4.20. The molecule has 4 aromatic rings. The molecule has 5 nitrogen and oxygen atoms in total. The molecular formula is C18H13N3O2. The normalized spacial score (nSPS) is 10.1. The molecule has 23 heavy (non-hydrogen) atoms. The van der Waals surface area contributed by atoms with Gasteiger partial charge in [0, 0.05) is 23.8 Å². The summed E-state index contributed by atoms with van der Waals surface area (Å²) in [5, 5.41) is 12.4. The van der Waals surface area contributed by atoms with E-state index in [1.54, 1.807) is 24.3 Å². The van der Waals surface area contributed by atoms with Crippen LogP contribution in [0.4, 0.5) is 5.69 Å². The van der Waals surface area contributed by atoms with Gasteiger partial charge in [-0.2, -0.15) is 0 Å². The lowest BCUT2D eigenvalue weighted by molar-refractivity contribution is -0.383. The molecule has 0 atom stereocenters. The maximum atomic E-state index is 10.6. The van der Waals surface area contributed by atoms with Crippen LogP contribution in [0, 0.1) is 10.1 Å². The fraction of sp³-hybridized carbons (Fsp3) is 0. The van der Waals surface area contributed by atoms with Crippen LogP contribution in [-0.4, -0.2) is 14.9 Å². The molecule has 0 unspecified atom stereocenters. The van der Waals surface area contributed by atoms with E-state index in [4.69, 9.17) is 0 Å². The van der Waals surface area contributed by atoms with Gasteiger partial charge in [0.05, 0.1) is 21.3 Å². The molecule has 2 aromatic carbocycles. The van der Waals surface area contributed by atoms with Crippen LogP contribution < -0.4 is 0 Å². The summed E-state index contributed by atoms with van der Waals surface area (Å²) in [7, 11) is 0. The summed E-state index contributed by atoms with van der Waals surface area (Å²) >= 11 is 0. The van der Waals surface area contributed by atoms with Crippen molar-refractivity contribution in [2.45, 2.75) is 0 Å². The van der Waals surface area contributed by atoms with Gasteiger partial charge in [-0.3, -0.25) is 20.1 Å². The molecule has 0 aliphatic rings. The minimum absolute atomic E-state index is 0.102. The van der Waals surface area contributed by atoms with Gasteiger partial charge in [0.25, 0.3) is 5.69 Å². The fourth-order valence-electron chi connectivity index (χ4n) is 2.26. The van der Waals surface area contributed by atoms with Crippen LogP contribution in [0.1, 0.15) is 0 Å². The van der Waals surface area contributed by atoms with Crippen molar-refractivity contribution in [3.8, 4) is 0 Å². The molecule has 4 rings (SSSR count). The first-order chi connectivity index (χ1) is 11.3. The fourth-order valence-corrected chi connectivity index (χ4v) is 2.26. The minimum Gasteiger partial charge on any atom is -0.258 e. The number of fused-ring (bicyclic) bond motifs is 2. The van der Waals surface area contributed by atoms with Gasteiger partial charge in [0.2, 0.25) is 0 Å². The average molecular weight is 303 g/mol. The van der Waals surface area contributed by atoms with E-state index in [0.29, 0.717) is 10.9 Å². The Morgan fingerprint density at radius 1 is 0.739 bits per heavy atom. The smallest absolute Gasteiger partial charge is 0.258 e. The van der Waals surface area contributed by atoms with E-state index in [0.717, 1.165) is 5.52 Å². The van der Waals surface area contributed by atoms with E-state index in [1.165, 1.54) is 17.6 Å². The summed E-state index contributed by atoms with van der Waals surface area (Å²) in [5.41, 5.74) is 1.81. The van der Waals surface area contributed by atoms with Crippen molar-refractivity contribution in [3.63, 3.8) is 0 Å². The van der Waals surface area contributed by atoms with Gasteiger partial charge in [-0.05, 0) is 24.3 Å². The van der Waals surface area contributed by atoms with Crippen LogP contribution >= 0.6 is 0 Å². The van der Waals surface area contributed by atoms with Crippen LogP contribution in [0.5, 0.6) is 0 Å². The Labute approximate surface area is 132 Å². The number of benzene rings is 2. The lowest BCUT2D eigenvalue weighted by atomic mass is 10.2. The van der Waals surface area contributed by atoms with Crippen molar-refractivity contribution in [3.05, 3.63) is 89.2 Å². The van der Waals surface area contributed by atoms with E-state index < -0.39 is 4.92 Å². The van der Waals surface area contributed by atoms with Crippen LogP contribution in [0.25, 0.3) is 21.8 Å². The average Bonchev–Trinajstić information content (AvgIpc) is 2.62. The number of rotatable bonds is 1. The number of nitro groups is 1. The van der Waals surface area contributed by atoms with Gasteiger partial charge in [-0.1, -0.05) is 36.4 Å². The topological polar surface area (TPSA) is 68.9 Å².